The van der Waals surface area contributed by atoms with Crippen LogP contribution in [-0.2, 0) is 11.2 Å². The third-order valence-corrected chi connectivity index (χ3v) is 11.4. The number of phenols is 1. The van der Waals surface area contributed by atoms with E-state index in [1.807, 2.05) is 37.9 Å². The van der Waals surface area contributed by atoms with E-state index in [0.29, 0.717) is 52.4 Å². The van der Waals surface area contributed by atoms with Crippen LogP contribution in [0.15, 0.2) is 60.9 Å². The number of nitrogen functional groups attached to an aromatic ring is 1. The highest BCUT2D eigenvalue weighted by Crippen LogP contribution is 2.44. The predicted molar refractivity (Wildman–Crippen MR) is 201 cm³/mol. The molecule has 276 valence electrons. The molecule has 0 bridgehead atoms. The second-order valence-electron chi connectivity index (χ2n) is 14.6. The standard InChI is InChI=1S/C40H44F2N8O3/c1-5-28-32(41)9-8-25-15-27(51)16-30(33(25)28)35-34(42)36-31(19-45-35)38(48(4)24(3)29-7-6-10-44-37(29)43)47-39(46-36)53-22-40-17-23(2)20-50(40)21-26(18-40)49-11-13-52-14-12-49/h6-10,15-16,19,24,26,51H,2,5,11-14,17-18,20-22H2,1,3-4H3,(H2,43,44)/t24-,26-,40?/m1/s1. The van der Waals surface area contributed by atoms with Crippen molar-refractivity contribution in [2.45, 2.75) is 50.7 Å². The Morgan fingerprint density at radius 1 is 1.17 bits per heavy atom. The van der Waals surface area contributed by atoms with Crippen molar-refractivity contribution in [1.29, 1.82) is 0 Å². The summed E-state index contributed by atoms with van der Waals surface area (Å²) in [6.45, 7) is 13.4. The van der Waals surface area contributed by atoms with E-state index in [9.17, 15) is 5.11 Å². The van der Waals surface area contributed by atoms with Gasteiger partial charge in [-0.25, -0.2) is 13.8 Å². The van der Waals surface area contributed by atoms with E-state index in [-0.39, 0.29) is 40.1 Å². The van der Waals surface area contributed by atoms with Crippen LogP contribution in [0.5, 0.6) is 11.8 Å². The molecular weight excluding hydrogens is 678 g/mol. The van der Waals surface area contributed by atoms with Crippen molar-refractivity contribution >= 4 is 33.3 Å². The number of hydrogen-bond acceptors (Lipinski definition) is 11. The van der Waals surface area contributed by atoms with Gasteiger partial charge in [-0.2, -0.15) is 9.97 Å². The lowest BCUT2D eigenvalue weighted by molar-refractivity contribution is 0.0179. The van der Waals surface area contributed by atoms with Gasteiger partial charge in [-0.05, 0) is 66.8 Å². The number of nitrogens with two attached hydrogens (primary N) is 1. The zero-order chi connectivity index (χ0) is 37.0. The number of phenolic OH excluding ortho intramolecular Hbond substituents is 1. The molecule has 3 saturated heterocycles. The van der Waals surface area contributed by atoms with Gasteiger partial charge < -0.3 is 25.2 Å². The van der Waals surface area contributed by atoms with Gasteiger partial charge in [0.25, 0.3) is 0 Å². The van der Waals surface area contributed by atoms with Gasteiger partial charge >= 0.3 is 6.01 Å². The van der Waals surface area contributed by atoms with Gasteiger partial charge in [0.2, 0.25) is 0 Å². The maximum Gasteiger partial charge on any atom is 0.319 e. The molecule has 2 aromatic carbocycles. The highest BCUT2D eigenvalue weighted by atomic mass is 19.1. The first kappa shape index (κ1) is 35.1. The molecule has 3 aliphatic rings. The van der Waals surface area contributed by atoms with Gasteiger partial charge in [-0.1, -0.05) is 31.2 Å². The van der Waals surface area contributed by atoms with Crippen molar-refractivity contribution in [3.63, 3.8) is 0 Å². The zero-order valence-electron chi connectivity index (χ0n) is 30.3. The van der Waals surface area contributed by atoms with Crippen molar-refractivity contribution in [2.75, 3.05) is 63.7 Å². The molecule has 0 radical (unpaired) electrons. The number of aromatic hydroxyl groups is 1. The summed E-state index contributed by atoms with van der Waals surface area (Å²) in [4.78, 5) is 25.3. The van der Waals surface area contributed by atoms with Crippen molar-refractivity contribution in [2.24, 2.45) is 0 Å². The first-order chi connectivity index (χ1) is 25.6. The van der Waals surface area contributed by atoms with E-state index in [2.05, 4.69) is 26.3 Å². The summed E-state index contributed by atoms with van der Waals surface area (Å²) in [5.41, 5.74) is 8.50. The van der Waals surface area contributed by atoms with Crippen LogP contribution in [-0.4, -0.2) is 99.5 Å². The number of anilines is 2. The summed E-state index contributed by atoms with van der Waals surface area (Å²) in [6, 6.07) is 9.66. The monoisotopic (exact) mass is 722 g/mol. The van der Waals surface area contributed by atoms with Gasteiger partial charge in [0.15, 0.2) is 5.82 Å². The van der Waals surface area contributed by atoms with E-state index in [0.717, 1.165) is 63.4 Å². The molecule has 53 heavy (non-hydrogen) atoms. The van der Waals surface area contributed by atoms with Gasteiger partial charge in [0.1, 0.15) is 41.0 Å². The molecule has 3 atom stereocenters. The molecule has 5 aromatic rings. The second-order valence-corrected chi connectivity index (χ2v) is 14.6. The maximum atomic E-state index is 17.2. The summed E-state index contributed by atoms with van der Waals surface area (Å²) < 4.78 is 44.4. The van der Waals surface area contributed by atoms with Crippen LogP contribution < -0.4 is 15.4 Å². The Morgan fingerprint density at radius 3 is 2.75 bits per heavy atom. The highest BCUT2D eigenvalue weighted by Gasteiger charge is 2.51. The lowest BCUT2D eigenvalue weighted by Crippen LogP contribution is -2.45. The first-order valence-electron chi connectivity index (χ1n) is 18.2. The van der Waals surface area contributed by atoms with Crippen molar-refractivity contribution in [3.05, 3.63) is 83.7 Å². The number of ether oxygens (including phenoxy) is 2. The highest BCUT2D eigenvalue weighted by molar-refractivity contribution is 6.01. The number of rotatable bonds is 9. The van der Waals surface area contributed by atoms with Gasteiger partial charge in [-0.15, -0.1) is 0 Å². The predicted octanol–water partition coefficient (Wildman–Crippen LogP) is 6.05. The fourth-order valence-corrected chi connectivity index (χ4v) is 8.63. The van der Waals surface area contributed by atoms with Gasteiger partial charge in [0, 0.05) is 62.8 Å². The molecule has 8 rings (SSSR count). The molecule has 0 amide bonds. The minimum absolute atomic E-state index is 0.0121. The van der Waals surface area contributed by atoms with E-state index in [1.54, 1.807) is 12.3 Å². The number of morpholine rings is 1. The summed E-state index contributed by atoms with van der Waals surface area (Å²) >= 11 is 0. The normalized spacial score (nSPS) is 21.4. The number of benzene rings is 2. The average Bonchev–Trinajstić information content (AvgIpc) is 3.66. The van der Waals surface area contributed by atoms with Crippen LogP contribution in [0.25, 0.3) is 32.9 Å². The molecule has 3 N–H and O–H groups in total. The van der Waals surface area contributed by atoms with E-state index in [4.69, 9.17) is 25.2 Å². The zero-order valence-corrected chi connectivity index (χ0v) is 30.3. The molecule has 3 fully saturated rings. The number of aryl methyl sites for hydroxylation is 1. The largest absolute Gasteiger partial charge is 0.508 e. The fraction of sp³-hybridized carbons (Fsp3) is 0.400. The van der Waals surface area contributed by atoms with E-state index >= 15 is 8.78 Å². The summed E-state index contributed by atoms with van der Waals surface area (Å²) in [5, 5.41) is 12.1. The van der Waals surface area contributed by atoms with Crippen molar-refractivity contribution in [3.8, 4) is 23.0 Å². The minimum Gasteiger partial charge on any atom is -0.508 e. The minimum atomic E-state index is -0.738. The molecule has 3 aliphatic heterocycles. The third-order valence-electron chi connectivity index (χ3n) is 11.4. The Labute approximate surface area is 307 Å². The summed E-state index contributed by atoms with van der Waals surface area (Å²) in [6.07, 6.45) is 5.20. The Bertz CT molecular complexity index is 2230. The number of nitrogens with zero attached hydrogens (tertiary/aromatic N) is 7. The fourth-order valence-electron chi connectivity index (χ4n) is 8.63. The number of halogens is 2. The number of pyridine rings is 2. The van der Waals surface area contributed by atoms with Crippen LogP contribution in [0.3, 0.4) is 0 Å². The lowest BCUT2D eigenvalue weighted by atomic mass is 9.91. The van der Waals surface area contributed by atoms with Crippen LogP contribution in [0, 0.1) is 11.6 Å². The molecule has 3 aromatic heterocycles. The smallest absolute Gasteiger partial charge is 0.319 e. The third kappa shape index (κ3) is 6.20. The molecule has 1 unspecified atom stereocenters. The maximum absolute atomic E-state index is 17.2. The first-order valence-corrected chi connectivity index (χ1v) is 18.2. The summed E-state index contributed by atoms with van der Waals surface area (Å²) in [5.74, 6) is -0.475. The van der Waals surface area contributed by atoms with E-state index < -0.39 is 11.6 Å². The Morgan fingerprint density at radius 2 is 1.98 bits per heavy atom. The van der Waals surface area contributed by atoms with E-state index in [1.165, 1.54) is 24.4 Å². The van der Waals surface area contributed by atoms with Crippen LogP contribution in [0.1, 0.15) is 43.9 Å². The Hall–Kier alpha value is -4.98. The van der Waals surface area contributed by atoms with Crippen LogP contribution in [0.2, 0.25) is 0 Å². The number of fused-ring (bicyclic) bond motifs is 3. The summed E-state index contributed by atoms with van der Waals surface area (Å²) in [7, 11) is 1.85. The van der Waals surface area contributed by atoms with Crippen molar-refractivity contribution < 1.29 is 23.4 Å². The van der Waals surface area contributed by atoms with Crippen molar-refractivity contribution in [1.82, 2.24) is 29.7 Å². The Kier molecular flexibility index (Phi) is 9.12. The molecule has 6 heterocycles. The van der Waals surface area contributed by atoms with Crippen LogP contribution in [0.4, 0.5) is 20.4 Å². The molecule has 0 saturated carbocycles. The molecular formula is C40H44F2N8O3. The number of aromatic nitrogens is 4. The molecule has 0 aliphatic carbocycles. The lowest BCUT2D eigenvalue weighted by Gasteiger charge is -2.33. The van der Waals surface area contributed by atoms with Gasteiger partial charge in [0.05, 0.1) is 30.2 Å². The van der Waals surface area contributed by atoms with Crippen LogP contribution >= 0.6 is 0 Å². The second kappa shape index (κ2) is 13.8. The number of hydrogen-bond donors (Lipinski definition) is 2. The molecule has 0 spiro atoms. The van der Waals surface area contributed by atoms with Gasteiger partial charge in [-0.3, -0.25) is 14.8 Å². The molecule has 13 heteroatoms. The SMILES string of the molecule is C=C1CN2C[C@H](N3CCOCC3)CC2(COc2nc(N(C)[C@H](C)c3cccnc3N)c3cnc(-c4cc(O)cc5ccc(F)c(CC)c45)c(F)c3n2)C1. The Balaban J connectivity index is 1.23. The average molecular weight is 723 g/mol. The quantitative estimate of drug-likeness (QED) is 0.173. The molecule has 11 nitrogen and oxygen atoms in total. The topological polar surface area (TPSA) is 126 Å².